The summed E-state index contributed by atoms with van der Waals surface area (Å²) in [5.41, 5.74) is 1.98. The molecule has 1 N–H and O–H groups in total. The van der Waals surface area contributed by atoms with E-state index >= 15 is 0 Å². The molecule has 1 aliphatic carbocycles. The number of fused-ring (bicyclic) bond motifs is 1. The fraction of sp³-hybridized carbons (Fsp3) is 0.500. The Labute approximate surface area is 217 Å². The summed E-state index contributed by atoms with van der Waals surface area (Å²) in [5.74, 6) is 1.23. The van der Waals surface area contributed by atoms with Crippen molar-refractivity contribution in [3.8, 4) is 5.75 Å². The molecule has 8 nitrogen and oxygen atoms in total. The molecule has 0 atom stereocenters. The summed E-state index contributed by atoms with van der Waals surface area (Å²) in [6, 6.07) is 8.83. The third-order valence-corrected chi connectivity index (χ3v) is 8.27. The number of nitrogens with zero attached hydrogens (tertiary/aromatic N) is 3. The predicted octanol–water partition coefficient (Wildman–Crippen LogP) is 5.26. The molecule has 0 radical (unpaired) electrons. The molecule has 0 spiro atoms. The lowest BCUT2D eigenvalue weighted by Crippen LogP contribution is -2.33. The third kappa shape index (κ3) is 6.56. The van der Waals surface area contributed by atoms with Gasteiger partial charge in [0.2, 0.25) is 10.0 Å². The Morgan fingerprint density at radius 1 is 1.17 bits per heavy atom. The Morgan fingerprint density at radius 2 is 1.94 bits per heavy atom. The molecule has 1 amide bonds. The first kappa shape index (κ1) is 26.4. The molecule has 10 heteroatoms. The standard InChI is InChI=1S/C26H33ClN4O4S/c1-3-4-7-14-36(33,34)30-26(32)24-13-12-23-25(29-24)31(18(2)28-23)16-20-10-11-21(15-22(20)27)35-17-19-8-5-6-9-19/h10-13,15,19H,3-9,14,16-17H2,1-2H3,(H,30,32). The molecule has 0 unspecified atom stereocenters. The van der Waals surface area contributed by atoms with Crippen molar-refractivity contribution < 1.29 is 17.9 Å². The molecule has 194 valence electrons. The summed E-state index contributed by atoms with van der Waals surface area (Å²) in [4.78, 5) is 21.6. The molecule has 1 aromatic carbocycles. The molecule has 3 aromatic rings. The normalized spacial score (nSPS) is 14.4. The number of aromatic nitrogens is 3. The zero-order valence-corrected chi connectivity index (χ0v) is 22.4. The van der Waals surface area contributed by atoms with Crippen LogP contribution in [0.1, 0.15) is 73.7 Å². The predicted molar refractivity (Wildman–Crippen MR) is 141 cm³/mol. The van der Waals surface area contributed by atoms with Crippen molar-refractivity contribution in [2.45, 2.75) is 65.3 Å². The minimum absolute atomic E-state index is 0.0180. The first-order valence-electron chi connectivity index (χ1n) is 12.6. The van der Waals surface area contributed by atoms with Gasteiger partial charge in [-0.3, -0.25) is 4.79 Å². The summed E-state index contributed by atoms with van der Waals surface area (Å²) >= 11 is 6.59. The number of carbonyl (C=O) groups is 1. The third-order valence-electron chi connectivity index (χ3n) is 6.59. The summed E-state index contributed by atoms with van der Waals surface area (Å²) in [5, 5.41) is 0.576. The molecule has 0 saturated heterocycles. The van der Waals surface area contributed by atoms with Crippen LogP contribution in [-0.4, -0.2) is 41.2 Å². The van der Waals surface area contributed by atoms with E-state index in [-0.39, 0.29) is 11.4 Å². The van der Waals surface area contributed by atoms with E-state index in [0.29, 0.717) is 47.5 Å². The van der Waals surface area contributed by atoms with Gasteiger partial charge in [0.15, 0.2) is 5.65 Å². The Bertz CT molecular complexity index is 1330. The highest BCUT2D eigenvalue weighted by molar-refractivity contribution is 7.90. The lowest BCUT2D eigenvalue weighted by molar-refractivity contribution is 0.0977. The second kappa shape index (κ2) is 11.6. The fourth-order valence-corrected chi connectivity index (χ4v) is 5.83. The molecule has 1 aliphatic rings. The highest BCUT2D eigenvalue weighted by Crippen LogP contribution is 2.28. The molecule has 36 heavy (non-hydrogen) atoms. The summed E-state index contributed by atoms with van der Waals surface area (Å²) in [7, 11) is -3.72. The number of nitrogens with one attached hydrogen (secondary N) is 1. The van der Waals surface area contributed by atoms with Gasteiger partial charge < -0.3 is 9.30 Å². The number of ether oxygens (including phenoxy) is 1. The highest BCUT2D eigenvalue weighted by atomic mass is 35.5. The molecule has 4 rings (SSSR count). The van der Waals surface area contributed by atoms with Crippen LogP contribution in [-0.2, 0) is 16.6 Å². The fourth-order valence-electron chi connectivity index (χ4n) is 4.52. The minimum Gasteiger partial charge on any atom is -0.493 e. The van der Waals surface area contributed by atoms with Gasteiger partial charge in [-0.15, -0.1) is 0 Å². The second-order valence-corrected chi connectivity index (χ2v) is 11.7. The van der Waals surface area contributed by atoms with Crippen LogP contribution in [0.5, 0.6) is 5.75 Å². The smallest absolute Gasteiger partial charge is 0.283 e. The van der Waals surface area contributed by atoms with Gasteiger partial charge >= 0.3 is 0 Å². The molecule has 1 fully saturated rings. The SMILES string of the molecule is CCCCCS(=O)(=O)NC(=O)c1ccc2nc(C)n(Cc3ccc(OCC4CCCC4)cc3Cl)c2n1. The van der Waals surface area contributed by atoms with E-state index in [1.807, 2.05) is 36.6 Å². The van der Waals surface area contributed by atoms with Crippen molar-refractivity contribution in [2.24, 2.45) is 5.92 Å². The lowest BCUT2D eigenvalue weighted by Gasteiger charge is -2.13. The van der Waals surface area contributed by atoms with Gasteiger partial charge in [-0.1, -0.05) is 50.3 Å². The Hall–Kier alpha value is -2.65. The number of carbonyl (C=O) groups excluding carboxylic acids is 1. The van der Waals surface area contributed by atoms with E-state index in [1.54, 1.807) is 6.07 Å². The number of hydrogen-bond acceptors (Lipinski definition) is 6. The number of pyridine rings is 1. The number of unbranched alkanes of at least 4 members (excludes halogenated alkanes) is 2. The molecule has 2 heterocycles. The highest BCUT2D eigenvalue weighted by Gasteiger charge is 2.20. The Morgan fingerprint density at radius 3 is 2.67 bits per heavy atom. The number of sulfonamides is 1. The molecular weight excluding hydrogens is 500 g/mol. The number of rotatable bonds is 11. The Kier molecular flexibility index (Phi) is 8.51. The van der Waals surface area contributed by atoms with Gasteiger partial charge in [-0.25, -0.2) is 23.1 Å². The zero-order chi connectivity index (χ0) is 25.7. The molecular formula is C26H33ClN4O4S. The number of benzene rings is 1. The van der Waals surface area contributed by atoms with Crippen LogP contribution in [0.2, 0.25) is 5.02 Å². The van der Waals surface area contributed by atoms with Crippen LogP contribution in [0.4, 0.5) is 0 Å². The first-order chi connectivity index (χ1) is 17.3. The van der Waals surface area contributed by atoms with Gasteiger partial charge in [-0.2, -0.15) is 0 Å². The first-order valence-corrected chi connectivity index (χ1v) is 14.6. The van der Waals surface area contributed by atoms with E-state index in [1.165, 1.54) is 31.7 Å². The van der Waals surface area contributed by atoms with Crippen molar-refractivity contribution in [1.82, 2.24) is 19.3 Å². The number of amides is 1. The summed E-state index contributed by atoms with van der Waals surface area (Å²) < 4.78 is 34.4. The van der Waals surface area contributed by atoms with Gasteiger partial charge in [0, 0.05) is 5.02 Å². The van der Waals surface area contributed by atoms with Crippen LogP contribution >= 0.6 is 11.6 Å². The van der Waals surface area contributed by atoms with Crippen molar-refractivity contribution in [1.29, 1.82) is 0 Å². The maximum Gasteiger partial charge on any atom is 0.283 e. The van der Waals surface area contributed by atoms with Crippen molar-refractivity contribution in [2.75, 3.05) is 12.4 Å². The van der Waals surface area contributed by atoms with Gasteiger partial charge in [-0.05, 0) is 61.9 Å². The maximum absolute atomic E-state index is 12.6. The largest absolute Gasteiger partial charge is 0.493 e. The molecule has 2 aromatic heterocycles. The average Bonchev–Trinajstić information content (AvgIpc) is 3.46. The van der Waals surface area contributed by atoms with Crippen LogP contribution in [0.3, 0.4) is 0 Å². The number of imidazole rings is 1. The van der Waals surface area contributed by atoms with E-state index in [9.17, 15) is 13.2 Å². The van der Waals surface area contributed by atoms with Gasteiger partial charge in [0.05, 0.1) is 18.9 Å². The summed E-state index contributed by atoms with van der Waals surface area (Å²) in [6.07, 6.45) is 7.17. The molecule has 0 bridgehead atoms. The Balaban J connectivity index is 1.50. The number of aryl methyl sites for hydroxylation is 1. The van der Waals surface area contributed by atoms with Crippen LogP contribution in [0.25, 0.3) is 11.2 Å². The summed E-state index contributed by atoms with van der Waals surface area (Å²) in [6.45, 7) is 4.95. The van der Waals surface area contributed by atoms with Crippen LogP contribution in [0.15, 0.2) is 30.3 Å². The quantitative estimate of drug-likeness (QED) is 0.338. The van der Waals surface area contributed by atoms with E-state index in [0.717, 1.165) is 24.2 Å². The topological polar surface area (TPSA) is 103 Å². The van der Waals surface area contributed by atoms with E-state index in [4.69, 9.17) is 16.3 Å². The number of hydrogen-bond donors (Lipinski definition) is 1. The maximum atomic E-state index is 12.6. The zero-order valence-electron chi connectivity index (χ0n) is 20.8. The lowest BCUT2D eigenvalue weighted by atomic mass is 10.1. The molecule has 1 saturated carbocycles. The average molecular weight is 533 g/mol. The van der Waals surface area contributed by atoms with Gasteiger partial charge in [0.25, 0.3) is 5.91 Å². The van der Waals surface area contributed by atoms with E-state index in [2.05, 4.69) is 14.7 Å². The van der Waals surface area contributed by atoms with Crippen molar-refractivity contribution in [3.05, 3.63) is 52.4 Å². The van der Waals surface area contributed by atoms with Crippen molar-refractivity contribution >= 4 is 38.7 Å². The van der Waals surface area contributed by atoms with Crippen LogP contribution in [0, 0.1) is 12.8 Å². The van der Waals surface area contributed by atoms with Crippen LogP contribution < -0.4 is 9.46 Å². The molecule has 0 aliphatic heterocycles. The van der Waals surface area contributed by atoms with E-state index < -0.39 is 15.9 Å². The minimum atomic E-state index is -3.72. The van der Waals surface area contributed by atoms with Crippen molar-refractivity contribution in [3.63, 3.8) is 0 Å². The monoisotopic (exact) mass is 532 g/mol. The number of halogens is 1. The van der Waals surface area contributed by atoms with Gasteiger partial charge in [0.1, 0.15) is 22.8 Å². The second-order valence-electron chi connectivity index (χ2n) is 9.46.